The molecule has 1 aromatic rings. The van der Waals surface area contributed by atoms with Crippen molar-refractivity contribution in [2.24, 2.45) is 16.7 Å². The lowest BCUT2D eigenvalue weighted by Crippen LogP contribution is -2.60. The molecule has 4 rings (SSSR count). The molecule has 2 saturated carbocycles. The van der Waals surface area contributed by atoms with E-state index in [-0.39, 0.29) is 16.9 Å². The van der Waals surface area contributed by atoms with E-state index >= 15 is 0 Å². The van der Waals surface area contributed by atoms with E-state index in [1.54, 1.807) is 12.5 Å². The third-order valence-electron chi connectivity index (χ3n) is 8.70. The topological polar surface area (TPSA) is 40.8 Å². The highest BCUT2D eigenvalue weighted by Gasteiger charge is 2.63. The molecule has 32 heavy (non-hydrogen) atoms. The van der Waals surface area contributed by atoms with E-state index in [9.17, 15) is 0 Å². The van der Waals surface area contributed by atoms with Crippen LogP contribution in [0.1, 0.15) is 76.9 Å². The Hall–Kier alpha value is -1.62. The van der Waals surface area contributed by atoms with Gasteiger partial charge in [0.2, 0.25) is 0 Å². The van der Waals surface area contributed by atoms with Gasteiger partial charge in [0.05, 0.1) is 38.5 Å². The molecule has 2 heterocycles. The molecule has 1 aliphatic heterocycles. The average Bonchev–Trinajstić information content (AvgIpc) is 3.48. The quantitative estimate of drug-likeness (QED) is 0.382. The molecule has 3 aliphatic rings. The predicted octanol–water partition coefficient (Wildman–Crippen LogP) is 7.16. The smallest absolute Gasteiger partial charge is 0.174 e. The van der Waals surface area contributed by atoms with Gasteiger partial charge >= 0.3 is 0 Å². The molecule has 176 valence electrons. The van der Waals surface area contributed by atoms with Crippen molar-refractivity contribution >= 4 is 0 Å². The van der Waals surface area contributed by atoms with Crippen LogP contribution in [0.3, 0.4) is 0 Å². The highest BCUT2D eigenvalue weighted by Crippen LogP contribution is 2.65. The Morgan fingerprint density at radius 2 is 2.06 bits per heavy atom. The van der Waals surface area contributed by atoms with Gasteiger partial charge in [0.25, 0.3) is 0 Å². The lowest BCUT2D eigenvalue weighted by atomic mass is 9.47. The highest BCUT2D eigenvalue weighted by atomic mass is 16.7. The molecule has 0 aromatic carbocycles. The SMILES string of the molecule is C=CC[C@@H](OCC(=C)CC[C@@]1(C)C(=C)CC[C@]2(C)[C@@H]1CCCC21OCCO1)c1ccoc1. The summed E-state index contributed by atoms with van der Waals surface area (Å²) in [6.07, 6.45) is 13.5. The summed E-state index contributed by atoms with van der Waals surface area (Å²) in [4.78, 5) is 0. The number of furan rings is 1. The molecule has 0 N–H and O–H groups in total. The van der Waals surface area contributed by atoms with E-state index in [1.807, 2.05) is 12.1 Å². The molecule has 2 aliphatic carbocycles. The summed E-state index contributed by atoms with van der Waals surface area (Å²) in [6.45, 7) is 19.6. The summed E-state index contributed by atoms with van der Waals surface area (Å²) in [6, 6.07) is 1.96. The average molecular weight is 441 g/mol. The van der Waals surface area contributed by atoms with Gasteiger partial charge in [-0.05, 0) is 62.3 Å². The van der Waals surface area contributed by atoms with Crippen LogP contribution in [0.5, 0.6) is 0 Å². The van der Waals surface area contributed by atoms with E-state index in [0.717, 1.165) is 69.3 Å². The minimum Gasteiger partial charge on any atom is -0.472 e. The van der Waals surface area contributed by atoms with Crippen LogP contribution < -0.4 is 0 Å². The maximum absolute atomic E-state index is 6.33. The van der Waals surface area contributed by atoms with Gasteiger partial charge in [-0.15, -0.1) is 6.58 Å². The minimum absolute atomic E-state index is 0.0336. The maximum Gasteiger partial charge on any atom is 0.174 e. The number of allylic oxidation sites excluding steroid dienone is 1. The van der Waals surface area contributed by atoms with Crippen LogP contribution >= 0.6 is 0 Å². The lowest BCUT2D eigenvalue weighted by molar-refractivity contribution is -0.286. The zero-order valence-corrected chi connectivity index (χ0v) is 20.0. The Kier molecular flexibility index (Phi) is 6.86. The monoisotopic (exact) mass is 440 g/mol. The maximum atomic E-state index is 6.33. The first-order chi connectivity index (χ1) is 15.3. The number of hydrogen-bond donors (Lipinski definition) is 0. The lowest BCUT2D eigenvalue weighted by Gasteiger charge is -2.61. The summed E-state index contributed by atoms with van der Waals surface area (Å²) in [7, 11) is 0. The van der Waals surface area contributed by atoms with Crippen molar-refractivity contribution in [1.82, 2.24) is 0 Å². The second kappa shape index (κ2) is 9.32. The Labute approximate surface area is 193 Å². The zero-order chi connectivity index (χ0) is 22.8. The van der Waals surface area contributed by atoms with Gasteiger partial charge in [-0.25, -0.2) is 0 Å². The van der Waals surface area contributed by atoms with Gasteiger partial charge < -0.3 is 18.6 Å². The van der Waals surface area contributed by atoms with E-state index in [4.69, 9.17) is 18.6 Å². The molecule has 4 heteroatoms. The van der Waals surface area contributed by atoms with Gasteiger partial charge in [0, 0.05) is 17.4 Å². The first-order valence-corrected chi connectivity index (χ1v) is 12.2. The second-order valence-corrected chi connectivity index (χ2v) is 10.5. The molecular formula is C28H40O4. The Morgan fingerprint density at radius 1 is 1.28 bits per heavy atom. The molecule has 0 amide bonds. The summed E-state index contributed by atoms with van der Waals surface area (Å²) in [5.41, 5.74) is 3.65. The van der Waals surface area contributed by atoms with Crippen LogP contribution in [0.4, 0.5) is 0 Å². The molecule has 0 radical (unpaired) electrons. The van der Waals surface area contributed by atoms with Crippen molar-refractivity contribution in [1.29, 1.82) is 0 Å². The largest absolute Gasteiger partial charge is 0.472 e. The van der Waals surface area contributed by atoms with E-state index in [1.165, 1.54) is 12.0 Å². The van der Waals surface area contributed by atoms with Crippen molar-refractivity contribution in [3.05, 3.63) is 61.1 Å². The van der Waals surface area contributed by atoms with Crippen molar-refractivity contribution in [3.8, 4) is 0 Å². The second-order valence-electron chi connectivity index (χ2n) is 10.5. The molecule has 3 fully saturated rings. The van der Waals surface area contributed by atoms with Crippen molar-refractivity contribution in [3.63, 3.8) is 0 Å². The molecular weight excluding hydrogens is 400 g/mol. The van der Waals surface area contributed by atoms with Crippen molar-refractivity contribution in [2.45, 2.75) is 77.1 Å². The standard InChI is InChI=1S/C28H40O4/c1-6-8-24(23-12-16-29-20-23)30-19-21(2)10-14-26(4)22(3)11-15-27(5)25(26)9-7-13-28(27)31-17-18-32-28/h6,12,16,20,24-25H,1-3,7-11,13-15,17-19H2,4-5H3/t24-,25-,26+,27-/m1/s1. The molecule has 0 unspecified atom stereocenters. The molecule has 4 atom stereocenters. The predicted molar refractivity (Wildman–Crippen MR) is 127 cm³/mol. The van der Waals surface area contributed by atoms with E-state index < -0.39 is 5.79 Å². The first-order valence-electron chi connectivity index (χ1n) is 12.2. The van der Waals surface area contributed by atoms with Gasteiger partial charge in [0.15, 0.2) is 5.79 Å². The number of hydrogen-bond acceptors (Lipinski definition) is 4. The highest BCUT2D eigenvalue weighted by molar-refractivity contribution is 5.22. The van der Waals surface area contributed by atoms with Gasteiger partial charge in [-0.3, -0.25) is 0 Å². The fourth-order valence-electron chi connectivity index (χ4n) is 6.65. The van der Waals surface area contributed by atoms with Crippen LogP contribution in [0.25, 0.3) is 0 Å². The Balaban J connectivity index is 1.41. The molecule has 1 aromatic heterocycles. The van der Waals surface area contributed by atoms with Crippen LogP contribution in [-0.4, -0.2) is 25.6 Å². The van der Waals surface area contributed by atoms with Gasteiger partial charge in [0.1, 0.15) is 0 Å². The minimum atomic E-state index is -0.402. The van der Waals surface area contributed by atoms with Crippen LogP contribution in [-0.2, 0) is 14.2 Å². The van der Waals surface area contributed by atoms with Gasteiger partial charge in [-0.1, -0.05) is 44.2 Å². The van der Waals surface area contributed by atoms with Gasteiger partial charge in [-0.2, -0.15) is 0 Å². The number of fused-ring (bicyclic) bond motifs is 2. The molecule has 4 nitrogen and oxygen atoms in total. The molecule has 1 saturated heterocycles. The summed E-state index contributed by atoms with van der Waals surface area (Å²) < 4.78 is 24.1. The third kappa shape index (κ3) is 4.06. The first kappa shape index (κ1) is 23.5. The Morgan fingerprint density at radius 3 is 2.75 bits per heavy atom. The number of rotatable bonds is 9. The summed E-state index contributed by atoms with van der Waals surface area (Å²) in [5.74, 6) is 0.108. The third-order valence-corrected chi connectivity index (χ3v) is 8.70. The normalized spacial score (nSPS) is 32.6. The molecule has 0 bridgehead atoms. The zero-order valence-electron chi connectivity index (χ0n) is 20.0. The van der Waals surface area contributed by atoms with Crippen LogP contribution in [0, 0.1) is 16.7 Å². The molecule has 1 spiro atoms. The van der Waals surface area contributed by atoms with Crippen molar-refractivity contribution < 1.29 is 18.6 Å². The van der Waals surface area contributed by atoms with Crippen molar-refractivity contribution in [2.75, 3.05) is 19.8 Å². The Bertz CT molecular complexity index is 818. The van der Waals surface area contributed by atoms with E-state index in [2.05, 4.69) is 33.6 Å². The fraction of sp³-hybridized carbons (Fsp3) is 0.643. The van der Waals surface area contributed by atoms with Crippen LogP contribution in [0.15, 0.2) is 60.0 Å². The number of ether oxygens (including phenoxy) is 3. The summed E-state index contributed by atoms with van der Waals surface area (Å²) in [5, 5.41) is 0. The summed E-state index contributed by atoms with van der Waals surface area (Å²) >= 11 is 0. The van der Waals surface area contributed by atoms with E-state index in [0.29, 0.717) is 12.5 Å². The van der Waals surface area contributed by atoms with Crippen LogP contribution in [0.2, 0.25) is 0 Å². The fourth-order valence-corrected chi connectivity index (χ4v) is 6.65.